The highest BCUT2D eigenvalue weighted by atomic mass is 79.9. The van der Waals surface area contributed by atoms with Crippen LogP contribution in [-0.2, 0) is 6.42 Å². The van der Waals surface area contributed by atoms with Gasteiger partial charge < -0.3 is 4.42 Å². The van der Waals surface area contributed by atoms with Crippen LogP contribution in [0.25, 0.3) is 0 Å². The van der Waals surface area contributed by atoms with Crippen molar-refractivity contribution in [3.8, 4) is 0 Å². The van der Waals surface area contributed by atoms with E-state index in [9.17, 15) is 4.79 Å². The molecule has 0 saturated heterocycles. The lowest BCUT2D eigenvalue weighted by atomic mass is 10.1. The maximum atomic E-state index is 10.4. The summed E-state index contributed by atoms with van der Waals surface area (Å²) in [4.78, 5) is 14.4. The fraction of sp³-hybridized carbons (Fsp3) is 0.0909. The molecular formula is C11H8BrNO2. The van der Waals surface area contributed by atoms with Gasteiger partial charge in [0.15, 0.2) is 17.9 Å². The molecule has 1 heterocycles. The number of rotatable bonds is 3. The topological polar surface area (TPSA) is 43.1 Å². The van der Waals surface area contributed by atoms with Crippen molar-refractivity contribution in [3.63, 3.8) is 0 Å². The van der Waals surface area contributed by atoms with Crippen LogP contribution in [0.2, 0.25) is 0 Å². The Hall–Kier alpha value is -1.42. The number of carbonyl (C=O) groups excluding carboxylic acids is 1. The van der Waals surface area contributed by atoms with Crippen LogP contribution in [0.4, 0.5) is 0 Å². The average molecular weight is 266 g/mol. The third kappa shape index (κ3) is 2.53. The minimum atomic E-state index is 0.266. The molecule has 0 aliphatic rings. The Morgan fingerprint density at radius 1 is 1.33 bits per heavy atom. The number of nitrogens with zero attached hydrogens (tertiary/aromatic N) is 1. The van der Waals surface area contributed by atoms with Gasteiger partial charge in [0.1, 0.15) is 0 Å². The van der Waals surface area contributed by atoms with Gasteiger partial charge in [0.2, 0.25) is 0 Å². The molecule has 2 aromatic rings. The lowest BCUT2D eigenvalue weighted by Crippen LogP contribution is -1.86. The zero-order chi connectivity index (χ0) is 10.7. The Kier molecular flexibility index (Phi) is 2.97. The molecule has 0 amide bonds. The summed E-state index contributed by atoms with van der Waals surface area (Å²) < 4.78 is 6.21. The van der Waals surface area contributed by atoms with Crippen molar-refractivity contribution >= 4 is 22.2 Å². The monoisotopic (exact) mass is 265 g/mol. The van der Waals surface area contributed by atoms with E-state index in [0.717, 1.165) is 10.0 Å². The molecule has 0 aliphatic carbocycles. The quantitative estimate of drug-likeness (QED) is 0.802. The third-order valence-electron chi connectivity index (χ3n) is 1.96. The number of hydrogen-bond donors (Lipinski definition) is 0. The lowest BCUT2D eigenvalue weighted by molar-refractivity contribution is 0.109. The van der Waals surface area contributed by atoms with Gasteiger partial charge in [-0.25, -0.2) is 4.98 Å². The molecule has 0 radical (unpaired) electrons. The van der Waals surface area contributed by atoms with Gasteiger partial charge in [-0.3, -0.25) is 4.79 Å². The molecule has 0 aliphatic heterocycles. The molecule has 2 rings (SSSR count). The molecule has 0 spiro atoms. The van der Waals surface area contributed by atoms with Crippen molar-refractivity contribution in [1.82, 2.24) is 4.98 Å². The summed E-state index contributed by atoms with van der Waals surface area (Å²) >= 11 is 3.36. The number of oxazole rings is 1. The largest absolute Gasteiger partial charge is 0.438 e. The van der Waals surface area contributed by atoms with Crippen LogP contribution in [0.5, 0.6) is 0 Å². The third-order valence-corrected chi connectivity index (χ3v) is 2.48. The highest BCUT2D eigenvalue weighted by Crippen LogP contribution is 2.13. The van der Waals surface area contributed by atoms with Gasteiger partial charge in [0.05, 0.1) is 6.20 Å². The zero-order valence-corrected chi connectivity index (χ0v) is 9.40. The van der Waals surface area contributed by atoms with Gasteiger partial charge in [0, 0.05) is 10.9 Å². The zero-order valence-electron chi connectivity index (χ0n) is 7.81. The molecule has 15 heavy (non-hydrogen) atoms. The second kappa shape index (κ2) is 4.40. The van der Waals surface area contributed by atoms with E-state index < -0.39 is 0 Å². The molecule has 1 aromatic carbocycles. The van der Waals surface area contributed by atoms with Crippen LogP contribution in [0, 0.1) is 0 Å². The standard InChI is InChI=1S/C11H8BrNO2/c12-9-3-1-8(2-4-9)5-11-13-6-10(7-14)15-11/h1-4,6-7H,5H2. The van der Waals surface area contributed by atoms with Gasteiger partial charge in [0.25, 0.3) is 0 Å². The molecule has 0 bridgehead atoms. The molecule has 4 heteroatoms. The number of hydrogen-bond acceptors (Lipinski definition) is 3. The van der Waals surface area contributed by atoms with Gasteiger partial charge in [-0.1, -0.05) is 28.1 Å². The number of aromatic nitrogens is 1. The Morgan fingerprint density at radius 3 is 2.67 bits per heavy atom. The minimum Gasteiger partial charge on any atom is -0.438 e. The number of halogens is 1. The lowest BCUT2D eigenvalue weighted by Gasteiger charge is -1.96. The molecule has 1 aromatic heterocycles. The number of benzene rings is 1. The molecule has 0 saturated carbocycles. The second-order valence-corrected chi connectivity index (χ2v) is 3.99. The smallest absolute Gasteiger partial charge is 0.199 e. The molecule has 3 nitrogen and oxygen atoms in total. The van der Waals surface area contributed by atoms with Crippen molar-refractivity contribution in [2.75, 3.05) is 0 Å². The van der Waals surface area contributed by atoms with Crippen molar-refractivity contribution in [1.29, 1.82) is 0 Å². The molecule has 0 N–H and O–H groups in total. The molecule has 76 valence electrons. The van der Waals surface area contributed by atoms with Crippen LogP contribution in [0.3, 0.4) is 0 Å². The van der Waals surface area contributed by atoms with E-state index >= 15 is 0 Å². The van der Waals surface area contributed by atoms with Crippen LogP contribution < -0.4 is 0 Å². The molecule has 0 unspecified atom stereocenters. The van der Waals surface area contributed by atoms with E-state index in [2.05, 4.69) is 20.9 Å². The first-order valence-electron chi connectivity index (χ1n) is 4.42. The van der Waals surface area contributed by atoms with E-state index in [1.807, 2.05) is 24.3 Å². The average Bonchev–Trinajstić information content (AvgIpc) is 2.69. The van der Waals surface area contributed by atoms with E-state index in [0.29, 0.717) is 18.6 Å². The summed E-state index contributed by atoms with van der Waals surface area (Å²) in [6.07, 6.45) is 2.68. The predicted molar refractivity (Wildman–Crippen MR) is 58.8 cm³/mol. The van der Waals surface area contributed by atoms with Crippen molar-refractivity contribution < 1.29 is 9.21 Å². The summed E-state index contributed by atoms with van der Waals surface area (Å²) in [7, 11) is 0. The predicted octanol–water partition coefficient (Wildman–Crippen LogP) is 2.84. The van der Waals surface area contributed by atoms with Crippen molar-refractivity contribution in [2.45, 2.75) is 6.42 Å². The Labute approximate surface area is 95.3 Å². The SMILES string of the molecule is O=Cc1cnc(Cc2ccc(Br)cc2)o1. The van der Waals surface area contributed by atoms with Gasteiger partial charge in [-0.15, -0.1) is 0 Å². The Morgan fingerprint density at radius 2 is 2.07 bits per heavy atom. The summed E-state index contributed by atoms with van der Waals surface area (Å²) in [6.45, 7) is 0. The normalized spacial score (nSPS) is 10.2. The maximum absolute atomic E-state index is 10.4. The number of aldehydes is 1. The van der Waals surface area contributed by atoms with E-state index in [-0.39, 0.29) is 5.76 Å². The first-order valence-corrected chi connectivity index (χ1v) is 5.21. The van der Waals surface area contributed by atoms with Crippen LogP contribution >= 0.6 is 15.9 Å². The molecule has 0 atom stereocenters. The van der Waals surface area contributed by atoms with Crippen LogP contribution in [-0.4, -0.2) is 11.3 Å². The van der Waals surface area contributed by atoms with Gasteiger partial charge in [-0.05, 0) is 17.7 Å². The summed E-state index contributed by atoms with van der Waals surface area (Å²) in [5.41, 5.74) is 1.09. The van der Waals surface area contributed by atoms with Crippen molar-refractivity contribution in [2.24, 2.45) is 0 Å². The highest BCUT2D eigenvalue weighted by molar-refractivity contribution is 9.10. The van der Waals surface area contributed by atoms with Gasteiger partial charge in [-0.2, -0.15) is 0 Å². The van der Waals surface area contributed by atoms with Crippen molar-refractivity contribution in [3.05, 3.63) is 52.1 Å². The first kappa shape index (κ1) is 10.1. The maximum Gasteiger partial charge on any atom is 0.199 e. The fourth-order valence-electron chi connectivity index (χ4n) is 1.24. The van der Waals surface area contributed by atoms with E-state index in [4.69, 9.17) is 4.42 Å². The molecule has 0 fully saturated rings. The number of carbonyl (C=O) groups is 1. The summed E-state index contributed by atoms with van der Waals surface area (Å²) in [5, 5.41) is 0. The Balaban J connectivity index is 2.14. The highest BCUT2D eigenvalue weighted by Gasteiger charge is 2.03. The van der Waals surface area contributed by atoms with Crippen LogP contribution in [0.15, 0.2) is 39.4 Å². The van der Waals surface area contributed by atoms with Gasteiger partial charge >= 0.3 is 0 Å². The molecular weight excluding hydrogens is 258 g/mol. The fourth-order valence-corrected chi connectivity index (χ4v) is 1.50. The van der Waals surface area contributed by atoms with E-state index in [1.54, 1.807) is 0 Å². The first-order chi connectivity index (χ1) is 7.28. The minimum absolute atomic E-state index is 0.266. The van der Waals surface area contributed by atoms with E-state index in [1.165, 1.54) is 6.20 Å². The summed E-state index contributed by atoms with van der Waals surface area (Å²) in [6, 6.07) is 7.88. The Bertz CT molecular complexity index is 462. The summed E-state index contributed by atoms with van der Waals surface area (Å²) in [5.74, 6) is 0.821. The van der Waals surface area contributed by atoms with Crippen LogP contribution in [0.1, 0.15) is 22.0 Å². The second-order valence-electron chi connectivity index (χ2n) is 3.08.